The lowest BCUT2D eigenvalue weighted by molar-refractivity contribution is 0.0997. The van der Waals surface area contributed by atoms with Crippen molar-refractivity contribution in [2.24, 2.45) is 5.73 Å². The van der Waals surface area contributed by atoms with E-state index in [4.69, 9.17) is 10.5 Å². The van der Waals surface area contributed by atoms with E-state index in [1.54, 1.807) is 30.3 Å². The number of carbonyl (C=O) groups excluding carboxylic acids is 2. The van der Waals surface area contributed by atoms with Gasteiger partial charge in [-0.25, -0.2) is 0 Å². The lowest BCUT2D eigenvalue weighted by atomic mass is 9.97. The minimum absolute atomic E-state index is 0.0498. The first kappa shape index (κ1) is 15.1. The molecule has 2 atom stereocenters. The van der Waals surface area contributed by atoms with Crippen LogP contribution >= 0.6 is 0 Å². The summed E-state index contributed by atoms with van der Waals surface area (Å²) in [5.41, 5.74) is 7.75. The van der Waals surface area contributed by atoms with Crippen molar-refractivity contribution < 1.29 is 14.3 Å². The summed E-state index contributed by atoms with van der Waals surface area (Å²) in [6.07, 6.45) is 0.0498. The van der Waals surface area contributed by atoms with Gasteiger partial charge in [-0.05, 0) is 37.3 Å². The topological polar surface area (TPSA) is 81.4 Å². The minimum Gasteiger partial charge on any atom is -0.489 e. The number of hydrogen-bond donors (Lipinski definition) is 2. The van der Waals surface area contributed by atoms with E-state index in [0.717, 1.165) is 5.56 Å². The summed E-state index contributed by atoms with van der Waals surface area (Å²) in [4.78, 5) is 23.6. The maximum absolute atomic E-state index is 12.5. The average molecular weight is 310 g/mol. The average Bonchev–Trinajstić information content (AvgIpc) is 2.83. The highest BCUT2D eigenvalue weighted by Crippen LogP contribution is 2.40. The van der Waals surface area contributed by atoms with E-state index >= 15 is 0 Å². The summed E-state index contributed by atoms with van der Waals surface area (Å²) in [6.45, 7) is 4.08. The number of anilines is 1. The summed E-state index contributed by atoms with van der Waals surface area (Å²) in [7, 11) is 0. The number of benzene rings is 2. The zero-order valence-corrected chi connectivity index (χ0v) is 13.0. The van der Waals surface area contributed by atoms with E-state index in [1.165, 1.54) is 0 Å². The molecule has 0 aliphatic carbocycles. The lowest BCUT2D eigenvalue weighted by Crippen LogP contribution is -2.15. The molecule has 2 aromatic carbocycles. The number of amides is 2. The normalized spacial score (nSPS) is 18.9. The molecule has 0 spiro atoms. The van der Waals surface area contributed by atoms with Gasteiger partial charge in [-0.3, -0.25) is 9.59 Å². The van der Waals surface area contributed by atoms with Crippen LogP contribution in [0.1, 0.15) is 46.0 Å². The Morgan fingerprint density at radius 1 is 1.09 bits per heavy atom. The van der Waals surface area contributed by atoms with Crippen LogP contribution in [0, 0.1) is 0 Å². The molecule has 118 valence electrons. The molecule has 23 heavy (non-hydrogen) atoms. The molecule has 1 aliphatic rings. The van der Waals surface area contributed by atoms with E-state index in [1.807, 2.05) is 19.1 Å². The molecule has 0 saturated carbocycles. The van der Waals surface area contributed by atoms with Gasteiger partial charge in [0.25, 0.3) is 5.91 Å². The summed E-state index contributed by atoms with van der Waals surface area (Å²) < 4.78 is 5.84. The number of para-hydroxylation sites is 1. The molecular weight excluding hydrogens is 292 g/mol. The van der Waals surface area contributed by atoms with Crippen LogP contribution in [-0.4, -0.2) is 17.9 Å². The van der Waals surface area contributed by atoms with E-state index in [9.17, 15) is 9.59 Å². The Morgan fingerprint density at radius 3 is 2.43 bits per heavy atom. The van der Waals surface area contributed by atoms with Gasteiger partial charge in [0.05, 0.1) is 5.56 Å². The number of primary amides is 1. The molecule has 1 aliphatic heterocycles. The minimum atomic E-state index is -0.500. The van der Waals surface area contributed by atoms with Gasteiger partial charge >= 0.3 is 0 Å². The number of nitrogens with one attached hydrogen (secondary N) is 1. The van der Waals surface area contributed by atoms with Crippen LogP contribution in [0.25, 0.3) is 0 Å². The Morgan fingerprint density at radius 2 is 1.78 bits per heavy atom. The summed E-state index contributed by atoms with van der Waals surface area (Å²) in [6, 6.07) is 12.0. The molecule has 2 amide bonds. The smallest absolute Gasteiger partial charge is 0.259 e. The molecule has 2 aromatic rings. The number of fused-ring (bicyclic) bond motifs is 1. The fourth-order valence-electron chi connectivity index (χ4n) is 2.68. The van der Waals surface area contributed by atoms with Gasteiger partial charge in [-0.1, -0.05) is 19.1 Å². The number of hydrogen-bond acceptors (Lipinski definition) is 3. The maximum Gasteiger partial charge on any atom is 0.259 e. The van der Waals surface area contributed by atoms with Crippen molar-refractivity contribution in [3.8, 4) is 5.75 Å². The van der Waals surface area contributed by atoms with Crippen molar-refractivity contribution in [2.45, 2.75) is 25.9 Å². The Labute approximate surface area is 134 Å². The van der Waals surface area contributed by atoms with E-state index in [2.05, 4.69) is 12.2 Å². The second-order valence-corrected chi connectivity index (χ2v) is 5.73. The summed E-state index contributed by atoms with van der Waals surface area (Å²) in [5, 5.41) is 2.81. The number of nitrogens with two attached hydrogens (primary N) is 1. The van der Waals surface area contributed by atoms with Crippen molar-refractivity contribution in [1.29, 1.82) is 0 Å². The van der Waals surface area contributed by atoms with Crippen molar-refractivity contribution in [1.82, 2.24) is 0 Å². The third-order valence-electron chi connectivity index (χ3n) is 4.22. The molecule has 0 bridgehead atoms. The quantitative estimate of drug-likeness (QED) is 0.914. The van der Waals surface area contributed by atoms with Crippen LogP contribution in [0.5, 0.6) is 5.75 Å². The molecule has 5 heteroatoms. The summed E-state index contributed by atoms with van der Waals surface area (Å²) in [5.74, 6) is 0.168. The maximum atomic E-state index is 12.5. The van der Waals surface area contributed by atoms with E-state index in [0.29, 0.717) is 22.6 Å². The highest BCUT2D eigenvalue weighted by molar-refractivity contribution is 6.06. The predicted molar refractivity (Wildman–Crippen MR) is 87.9 cm³/mol. The fraction of sp³-hybridized carbons (Fsp3) is 0.222. The van der Waals surface area contributed by atoms with E-state index in [-0.39, 0.29) is 17.9 Å². The molecule has 0 fully saturated rings. The highest BCUT2D eigenvalue weighted by atomic mass is 16.5. The van der Waals surface area contributed by atoms with Gasteiger partial charge in [-0.2, -0.15) is 0 Å². The van der Waals surface area contributed by atoms with E-state index < -0.39 is 5.91 Å². The molecule has 0 saturated heterocycles. The van der Waals surface area contributed by atoms with Gasteiger partial charge in [0.15, 0.2) is 0 Å². The monoisotopic (exact) mass is 310 g/mol. The van der Waals surface area contributed by atoms with Crippen molar-refractivity contribution >= 4 is 17.5 Å². The Balaban J connectivity index is 1.84. The number of rotatable bonds is 3. The van der Waals surface area contributed by atoms with Crippen LogP contribution in [0.3, 0.4) is 0 Å². The summed E-state index contributed by atoms with van der Waals surface area (Å²) >= 11 is 0. The molecular formula is C18H18N2O3. The first-order valence-electron chi connectivity index (χ1n) is 7.48. The third-order valence-corrected chi connectivity index (χ3v) is 4.22. The zero-order valence-electron chi connectivity index (χ0n) is 13.0. The van der Waals surface area contributed by atoms with Crippen molar-refractivity contribution in [3.63, 3.8) is 0 Å². The fourth-order valence-corrected chi connectivity index (χ4v) is 2.68. The van der Waals surface area contributed by atoms with Crippen molar-refractivity contribution in [3.05, 3.63) is 59.2 Å². The van der Waals surface area contributed by atoms with Crippen LogP contribution in [-0.2, 0) is 0 Å². The number of carbonyl (C=O) groups is 2. The highest BCUT2D eigenvalue weighted by Gasteiger charge is 2.31. The standard InChI is InChI=1S/C18H18N2O3/c1-10-11(2)23-16-14(10)4-3-5-15(16)18(22)20-13-8-6-12(7-9-13)17(19)21/h3-11H,1-2H3,(H2,19,21)(H,20,22)/t10-,11+/m0/s1. The molecule has 1 heterocycles. The molecule has 0 radical (unpaired) electrons. The molecule has 5 nitrogen and oxygen atoms in total. The van der Waals surface area contributed by atoms with Gasteiger partial charge < -0.3 is 15.8 Å². The van der Waals surface area contributed by atoms with Gasteiger partial charge in [0.1, 0.15) is 11.9 Å². The Kier molecular flexibility index (Phi) is 3.78. The van der Waals surface area contributed by atoms with Crippen LogP contribution in [0.4, 0.5) is 5.69 Å². The van der Waals surface area contributed by atoms with Crippen molar-refractivity contribution in [2.75, 3.05) is 5.32 Å². The zero-order chi connectivity index (χ0) is 16.6. The van der Waals surface area contributed by atoms with Crippen LogP contribution in [0.2, 0.25) is 0 Å². The van der Waals surface area contributed by atoms with Gasteiger partial charge in [0, 0.05) is 22.7 Å². The molecule has 0 aromatic heterocycles. The van der Waals surface area contributed by atoms with Crippen LogP contribution < -0.4 is 15.8 Å². The Hall–Kier alpha value is -2.82. The molecule has 3 rings (SSSR count). The third kappa shape index (κ3) is 2.77. The predicted octanol–water partition coefficient (Wildman–Crippen LogP) is 2.92. The SMILES string of the molecule is C[C@@H]1c2cccc(C(=O)Nc3ccc(C(N)=O)cc3)c2O[C@@H]1C. The van der Waals surface area contributed by atoms with Gasteiger partial charge in [0.2, 0.25) is 5.91 Å². The number of ether oxygens (including phenoxy) is 1. The first-order valence-corrected chi connectivity index (χ1v) is 7.48. The second-order valence-electron chi connectivity index (χ2n) is 5.73. The van der Waals surface area contributed by atoms with Gasteiger partial charge in [-0.15, -0.1) is 0 Å². The Bertz CT molecular complexity index is 768. The first-order chi connectivity index (χ1) is 11.0. The largest absolute Gasteiger partial charge is 0.489 e. The lowest BCUT2D eigenvalue weighted by Gasteiger charge is -2.10. The second kappa shape index (κ2) is 5.76. The molecule has 3 N–H and O–H groups in total. The van der Waals surface area contributed by atoms with Crippen LogP contribution in [0.15, 0.2) is 42.5 Å². The molecule has 0 unspecified atom stereocenters.